The molecule has 0 saturated heterocycles. The molecule has 1 aromatic heterocycles. The molecule has 3 N–H and O–H groups in total. The molecule has 3 aromatic rings. The number of nitriles is 1. The van der Waals surface area contributed by atoms with Gasteiger partial charge in [0.05, 0.1) is 16.7 Å². The number of aromatic nitrogens is 1. The van der Waals surface area contributed by atoms with E-state index in [1.807, 2.05) is 24.3 Å². The number of hydrogen-bond donors (Lipinski definition) is 2. The highest BCUT2D eigenvalue weighted by Gasteiger charge is 2.06. The lowest BCUT2D eigenvalue weighted by Gasteiger charge is -2.03. The summed E-state index contributed by atoms with van der Waals surface area (Å²) >= 11 is 1.57. The van der Waals surface area contributed by atoms with Crippen LogP contribution in [0.1, 0.15) is 5.56 Å². The number of nitrogens with zero attached hydrogens (tertiary/aromatic N) is 1. The van der Waals surface area contributed by atoms with Crippen molar-refractivity contribution >= 4 is 28.4 Å². The summed E-state index contributed by atoms with van der Waals surface area (Å²) in [6, 6.07) is 17.7. The number of anilines is 1. The molecule has 4 heteroatoms. The lowest BCUT2D eigenvalue weighted by atomic mass is 10.2. The number of hydrogen-bond acceptors (Lipinski definition) is 3. The fraction of sp³-hybridized carbons (Fsp3) is 0. The summed E-state index contributed by atoms with van der Waals surface area (Å²) < 4.78 is 0. The van der Waals surface area contributed by atoms with E-state index in [1.165, 1.54) is 5.39 Å². The first kappa shape index (κ1) is 11.7. The normalized spacial score (nSPS) is 10.5. The third kappa shape index (κ3) is 2.28. The van der Waals surface area contributed by atoms with Crippen molar-refractivity contribution in [1.82, 2.24) is 4.98 Å². The van der Waals surface area contributed by atoms with Crippen molar-refractivity contribution in [2.45, 2.75) is 9.92 Å². The second-order valence-electron chi connectivity index (χ2n) is 4.19. The van der Waals surface area contributed by atoms with Crippen LogP contribution in [0.2, 0.25) is 0 Å². The van der Waals surface area contributed by atoms with E-state index < -0.39 is 0 Å². The van der Waals surface area contributed by atoms with E-state index in [0.29, 0.717) is 11.3 Å². The van der Waals surface area contributed by atoms with Gasteiger partial charge in [-0.05, 0) is 30.3 Å². The van der Waals surface area contributed by atoms with Crippen LogP contribution in [0.15, 0.2) is 58.5 Å². The molecule has 0 atom stereocenters. The van der Waals surface area contributed by atoms with E-state index in [0.717, 1.165) is 15.4 Å². The maximum absolute atomic E-state index is 8.82. The highest BCUT2D eigenvalue weighted by atomic mass is 32.2. The van der Waals surface area contributed by atoms with Gasteiger partial charge in [0.1, 0.15) is 0 Å². The van der Waals surface area contributed by atoms with Crippen molar-refractivity contribution in [3.05, 3.63) is 54.1 Å². The summed E-state index contributed by atoms with van der Waals surface area (Å²) in [5.74, 6) is 0. The van der Waals surface area contributed by atoms with Gasteiger partial charge in [-0.15, -0.1) is 0 Å². The van der Waals surface area contributed by atoms with Gasteiger partial charge in [0, 0.05) is 21.5 Å². The molecule has 0 bridgehead atoms. The molecule has 0 unspecified atom stereocenters. The van der Waals surface area contributed by atoms with Crippen molar-refractivity contribution in [1.29, 1.82) is 5.26 Å². The van der Waals surface area contributed by atoms with Gasteiger partial charge >= 0.3 is 0 Å². The van der Waals surface area contributed by atoms with Crippen molar-refractivity contribution < 1.29 is 0 Å². The Labute approximate surface area is 115 Å². The molecule has 0 fully saturated rings. The van der Waals surface area contributed by atoms with E-state index >= 15 is 0 Å². The maximum Gasteiger partial charge on any atom is 0.0992 e. The highest BCUT2D eigenvalue weighted by Crippen LogP contribution is 2.33. The van der Waals surface area contributed by atoms with E-state index in [1.54, 1.807) is 23.9 Å². The minimum atomic E-state index is 0.582. The zero-order chi connectivity index (χ0) is 13.2. The molecule has 0 amide bonds. The fourth-order valence-electron chi connectivity index (χ4n) is 1.93. The van der Waals surface area contributed by atoms with Gasteiger partial charge in [-0.25, -0.2) is 0 Å². The van der Waals surface area contributed by atoms with Gasteiger partial charge in [-0.2, -0.15) is 5.26 Å². The second-order valence-corrected chi connectivity index (χ2v) is 5.27. The molecule has 0 spiro atoms. The lowest BCUT2D eigenvalue weighted by Crippen LogP contribution is -1.89. The van der Waals surface area contributed by atoms with Gasteiger partial charge in [-0.3, -0.25) is 0 Å². The first-order valence-corrected chi connectivity index (χ1v) is 6.63. The topological polar surface area (TPSA) is 65.6 Å². The Morgan fingerprint density at radius 2 is 1.95 bits per heavy atom. The van der Waals surface area contributed by atoms with Crippen molar-refractivity contribution in [2.24, 2.45) is 0 Å². The number of rotatable bonds is 2. The number of nitrogen functional groups attached to an aromatic ring is 1. The largest absolute Gasteiger partial charge is 0.398 e. The lowest BCUT2D eigenvalue weighted by molar-refractivity contribution is 1.23. The first-order valence-electron chi connectivity index (χ1n) is 5.81. The Bertz CT molecular complexity index is 750. The molecule has 0 saturated carbocycles. The van der Waals surface area contributed by atoms with E-state index in [-0.39, 0.29) is 0 Å². The Hall–Kier alpha value is -2.38. The van der Waals surface area contributed by atoms with Crippen molar-refractivity contribution in [2.75, 3.05) is 5.73 Å². The SMILES string of the molecule is N#Cc1ccc(Sc2cc3ccccc3[nH]2)c(N)c1. The zero-order valence-electron chi connectivity index (χ0n) is 10.1. The van der Waals surface area contributed by atoms with Gasteiger partial charge in [0.15, 0.2) is 0 Å². The highest BCUT2D eigenvalue weighted by molar-refractivity contribution is 7.99. The third-order valence-electron chi connectivity index (χ3n) is 2.86. The van der Waals surface area contributed by atoms with E-state index in [9.17, 15) is 0 Å². The molecule has 2 aromatic carbocycles. The van der Waals surface area contributed by atoms with Crippen LogP contribution in [0.3, 0.4) is 0 Å². The Balaban J connectivity index is 1.94. The van der Waals surface area contributed by atoms with Crippen LogP contribution in [-0.2, 0) is 0 Å². The average molecular weight is 265 g/mol. The van der Waals surface area contributed by atoms with Gasteiger partial charge in [0.25, 0.3) is 0 Å². The number of H-pyrrole nitrogens is 1. The van der Waals surface area contributed by atoms with Gasteiger partial charge in [-0.1, -0.05) is 30.0 Å². The number of benzene rings is 2. The molecule has 19 heavy (non-hydrogen) atoms. The number of aromatic amines is 1. The first-order chi connectivity index (χ1) is 9.26. The van der Waals surface area contributed by atoms with Gasteiger partial charge in [0.2, 0.25) is 0 Å². The standard InChI is InChI=1S/C15H11N3S/c16-9-10-5-6-14(12(17)7-10)19-15-8-11-3-1-2-4-13(11)18-15/h1-8,18H,17H2. The van der Waals surface area contributed by atoms with E-state index in [2.05, 4.69) is 23.2 Å². The summed E-state index contributed by atoms with van der Waals surface area (Å²) in [7, 11) is 0. The minimum absolute atomic E-state index is 0.582. The van der Waals surface area contributed by atoms with Crippen LogP contribution in [0.5, 0.6) is 0 Å². The number of fused-ring (bicyclic) bond motifs is 1. The summed E-state index contributed by atoms with van der Waals surface area (Å²) in [6.45, 7) is 0. The Morgan fingerprint density at radius 1 is 1.11 bits per heavy atom. The predicted molar refractivity (Wildman–Crippen MR) is 78.0 cm³/mol. The van der Waals surface area contributed by atoms with Crippen LogP contribution in [0.25, 0.3) is 10.9 Å². The molecule has 0 aliphatic carbocycles. The van der Waals surface area contributed by atoms with Crippen LogP contribution in [-0.4, -0.2) is 4.98 Å². The van der Waals surface area contributed by atoms with Gasteiger partial charge < -0.3 is 10.7 Å². The summed E-state index contributed by atoms with van der Waals surface area (Å²) in [4.78, 5) is 4.29. The molecule has 1 heterocycles. The van der Waals surface area contributed by atoms with Crippen LogP contribution in [0.4, 0.5) is 5.69 Å². The fourth-order valence-corrected chi connectivity index (χ4v) is 2.83. The quantitative estimate of drug-likeness (QED) is 0.693. The monoisotopic (exact) mass is 265 g/mol. The molecule has 92 valence electrons. The molecule has 3 rings (SSSR count). The van der Waals surface area contributed by atoms with E-state index in [4.69, 9.17) is 11.0 Å². The zero-order valence-corrected chi connectivity index (χ0v) is 10.9. The average Bonchev–Trinajstić information content (AvgIpc) is 2.83. The molecule has 0 aliphatic heterocycles. The summed E-state index contributed by atoms with van der Waals surface area (Å²) in [6.07, 6.45) is 0. The Kier molecular flexibility index (Phi) is 2.90. The molecule has 0 aliphatic rings. The summed E-state index contributed by atoms with van der Waals surface area (Å²) in [5.41, 5.74) is 8.27. The maximum atomic E-state index is 8.82. The number of nitrogens with one attached hydrogen (secondary N) is 1. The summed E-state index contributed by atoms with van der Waals surface area (Å²) in [5, 5.41) is 11.0. The number of nitrogens with two attached hydrogens (primary N) is 1. The minimum Gasteiger partial charge on any atom is -0.398 e. The molecular formula is C15H11N3S. The Morgan fingerprint density at radius 3 is 2.68 bits per heavy atom. The third-order valence-corrected chi connectivity index (χ3v) is 3.90. The smallest absolute Gasteiger partial charge is 0.0992 e. The van der Waals surface area contributed by atoms with Crippen LogP contribution < -0.4 is 5.73 Å². The molecule has 0 radical (unpaired) electrons. The predicted octanol–water partition coefficient (Wildman–Crippen LogP) is 3.77. The molecular weight excluding hydrogens is 254 g/mol. The number of para-hydroxylation sites is 1. The van der Waals surface area contributed by atoms with Crippen molar-refractivity contribution in [3.8, 4) is 6.07 Å². The van der Waals surface area contributed by atoms with Crippen LogP contribution >= 0.6 is 11.8 Å². The van der Waals surface area contributed by atoms with Crippen molar-refractivity contribution in [3.63, 3.8) is 0 Å². The molecule has 3 nitrogen and oxygen atoms in total. The second kappa shape index (κ2) is 4.71. The van der Waals surface area contributed by atoms with Crippen LogP contribution in [0, 0.1) is 11.3 Å².